The first kappa shape index (κ1) is 20.8. The highest BCUT2D eigenvalue weighted by Crippen LogP contribution is 2.32. The van der Waals surface area contributed by atoms with Crippen LogP contribution < -0.4 is 15.4 Å². The van der Waals surface area contributed by atoms with Crippen molar-refractivity contribution in [1.82, 2.24) is 5.32 Å². The molecule has 0 spiro atoms. The van der Waals surface area contributed by atoms with Crippen LogP contribution in [0.5, 0.6) is 5.75 Å². The molecule has 0 aliphatic heterocycles. The van der Waals surface area contributed by atoms with Crippen molar-refractivity contribution < 1.29 is 9.53 Å². The largest absolute Gasteiger partial charge is 0.493 e. The number of hydrogen-bond acceptors (Lipinski definition) is 3. The minimum atomic E-state index is -0.367. The monoisotopic (exact) mass is 430 g/mol. The topological polar surface area (TPSA) is 50.4 Å². The van der Waals surface area contributed by atoms with Gasteiger partial charge in [-0.3, -0.25) is 10.1 Å². The van der Waals surface area contributed by atoms with Gasteiger partial charge in [0.25, 0.3) is 5.91 Å². The molecule has 0 heterocycles. The quantitative estimate of drug-likeness (QED) is 0.463. The van der Waals surface area contributed by atoms with Gasteiger partial charge in [0.05, 0.1) is 27.4 Å². The van der Waals surface area contributed by atoms with E-state index in [0.29, 0.717) is 44.6 Å². The first-order valence-corrected chi connectivity index (χ1v) is 9.30. The molecule has 0 bridgehead atoms. The third-order valence-electron chi connectivity index (χ3n) is 3.16. The number of carbonyl (C=O) groups excluding carboxylic acids is 1. The zero-order chi connectivity index (χ0) is 19.3. The fourth-order valence-corrected chi connectivity index (χ4v) is 2.73. The van der Waals surface area contributed by atoms with Gasteiger partial charge in [-0.15, -0.1) is 0 Å². The highest BCUT2D eigenvalue weighted by Gasteiger charge is 2.12. The number of thiocarbonyl (C=S) groups is 1. The van der Waals surface area contributed by atoms with E-state index in [1.54, 1.807) is 24.3 Å². The first-order valence-electron chi connectivity index (χ1n) is 7.76. The fraction of sp³-hybridized carbons (Fsp3) is 0.222. The van der Waals surface area contributed by atoms with Gasteiger partial charge in [0, 0.05) is 5.56 Å². The highest BCUT2D eigenvalue weighted by atomic mass is 35.5. The van der Waals surface area contributed by atoms with E-state index in [0.717, 1.165) is 0 Å². The average molecular weight is 432 g/mol. The smallest absolute Gasteiger partial charge is 0.257 e. The minimum Gasteiger partial charge on any atom is -0.493 e. The Labute approximate surface area is 172 Å². The molecule has 0 atom stereocenters. The lowest BCUT2D eigenvalue weighted by atomic mass is 10.2. The standard InChI is InChI=1S/C18H17Cl3N2O2S/c1-10(2)9-25-12-5-3-4-11(6-12)17(24)23-18(26)22-16-8-14(20)13(19)7-15(16)21/h3-8,10H,9H2,1-2H3,(H2,22,23,24,26). The van der Waals surface area contributed by atoms with Gasteiger partial charge in [0.1, 0.15) is 5.75 Å². The second-order valence-corrected chi connectivity index (χ2v) is 7.52. The molecule has 2 aromatic rings. The average Bonchev–Trinajstić information content (AvgIpc) is 2.58. The Morgan fingerprint density at radius 3 is 2.50 bits per heavy atom. The molecular weight excluding hydrogens is 415 g/mol. The van der Waals surface area contributed by atoms with Crippen molar-refractivity contribution in [3.63, 3.8) is 0 Å². The van der Waals surface area contributed by atoms with Crippen molar-refractivity contribution in [2.24, 2.45) is 5.92 Å². The summed E-state index contributed by atoms with van der Waals surface area (Å²) < 4.78 is 5.63. The maximum atomic E-state index is 12.4. The lowest BCUT2D eigenvalue weighted by molar-refractivity contribution is 0.0977. The van der Waals surface area contributed by atoms with E-state index in [1.165, 1.54) is 12.1 Å². The van der Waals surface area contributed by atoms with Crippen LogP contribution in [0.3, 0.4) is 0 Å². The summed E-state index contributed by atoms with van der Waals surface area (Å²) in [4.78, 5) is 12.4. The van der Waals surface area contributed by atoms with Gasteiger partial charge in [-0.2, -0.15) is 0 Å². The van der Waals surface area contributed by atoms with Crippen molar-refractivity contribution in [2.45, 2.75) is 13.8 Å². The van der Waals surface area contributed by atoms with E-state index in [-0.39, 0.29) is 11.0 Å². The summed E-state index contributed by atoms with van der Waals surface area (Å²) in [6, 6.07) is 9.90. The molecule has 0 radical (unpaired) electrons. The SMILES string of the molecule is CC(C)COc1cccc(C(=O)NC(=S)Nc2cc(Cl)c(Cl)cc2Cl)c1. The van der Waals surface area contributed by atoms with Crippen LogP contribution >= 0.6 is 47.0 Å². The minimum absolute atomic E-state index is 0.0868. The van der Waals surface area contributed by atoms with Gasteiger partial charge >= 0.3 is 0 Å². The normalized spacial score (nSPS) is 10.5. The van der Waals surface area contributed by atoms with Gasteiger partial charge in [-0.05, 0) is 48.5 Å². The predicted octanol–water partition coefficient (Wildman–Crippen LogP) is 5.81. The van der Waals surface area contributed by atoms with Crippen LogP contribution in [0.4, 0.5) is 5.69 Å². The highest BCUT2D eigenvalue weighted by molar-refractivity contribution is 7.80. The maximum Gasteiger partial charge on any atom is 0.257 e. The summed E-state index contributed by atoms with van der Waals surface area (Å²) in [5.74, 6) is 0.645. The number of carbonyl (C=O) groups is 1. The Morgan fingerprint density at radius 2 is 1.81 bits per heavy atom. The summed E-state index contributed by atoms with van der Waals surface area (Å²) in [6.45, 7) is 4.67. The summed E-state index contributed by atoms with van der Waals surface area (Å²) in [7, 11) is 0. The van der Waals surface area contributed by atoms with Crippen LogP contribution in [0.1, 0.15) is 24.2 Å². The van der Waals surface area contributed by atoms with E-state index in [4.69, 9.17) is 51.8 Å². The van der Waals surface area contributed by atoms with E-state index < -0.39 is 0 Å². The molecule has 8 heteroatoms. The molecule has 1 amide bonds. The molecule has 0 saturated heterocycles. The molecule has 0 aromatic heterocycles. The Bertz CT molecular complexity index is 828. The molecule has 0 fully saturated rings. The Morgan fingerprint density at radius 1 is 1.12 bits per heavy atom. The zero-order valence-electron chi connectivity index (χ0n) is 14.1. The van der Waals surface area contributed by atoms with E-state index in [1.807, 2.05) is 0 Å². The predicted molar refractivity (Wildman–Crippen MR) is 112 cm³/mol. The van der Waals surface area contributed by atoms with Crippen molar-refractivity contribution in [2.75, 3.05) is 11.9 Å². The molecule has 2 rings (SSSR count). The maximum absolute atomic E-state index is 12.4. The molecule has 138 valence electrons. The number of rotatable bonds is 5. The molecule has 2 N–H and O–H groups in total. The third-order valence-corrected chi connectivity index (χ3v) is 4.40. The second-order valence-electron chi connectivity index (χ2n) is 5.89. The lowest BCUT2D eigenvalue weighted by Gasteiger charge is -2.13. The summed E-state index contributed by atoms with van der Waals surface area (Å²) in [5, 5.41) is 6.49. The number of anilines is 1. The van der Waals surface area contributed by atoms with Crippen molar-refractivity contribution in [1.29, 1.82) is 0 Å². The molecule has 0 unspecified atom stereocenters. The molecule has 0 aliphatic rings. The number of benzene rings is 2. The number of ether oxygens (including phenoxy) is 1. The second kappa shape index (κ2) is 9.42. The Kier molecular flexibility index (Phi) is 7.53. The van der Waals surface area contributed by atoms with Crippen molar-refractivity contribution in [3.05, 3.63) is 57.0 Å². The fourth-order valence-electron chi connectivity index (χ4n) is 1.94. The molecule has 26 heavy (non-hydrogen) atoms. The molecular formula is C18H17Cl3N2O2S. The van der Waals surface area contributed by atoms with Crippen LogP contribution in [0.15, 0.2) is 36.4 Å². The number of hydrogen-bond donors (Lipinski definition) is 2. The number of amides is 1. The van der Waals surface area contributed by atoms with E-state index in [2.05, 4.69) is 24.5 Å². The van der Waals surface area contributed by atoms with E-state index >= 15 is 0 Å². The van der Waals surface area contributed by atoms with Gasteiger partial charge in [0.2, 0.25) is 0 Å². The van der Waals surface area contributed by atoms with Crippen LogP contribution in [0.2, 0.25) is 15.1 Å². The number of nitrogens with one attached hydrogen (secondary N) is 2. The molecule has 4 nitrogen and oxygen atoms in total. The zero-order valence-corrected chi connectivity index (χ0v) is 17.2. The molecule has 0 saturated carbocycles. The Hall–Kier alpha value is -1.53. The van der Waals surface area contributed by atoms with Crippen LogP contribution in [-0.4, -0.2) is 17.6 Å². The lowest BCUT2D eigenvalue weighted by Crippen LogP contribution is -2.34. The summed E-state index contributed by atoms with van der Waals surface area (Å²) in [6.07, 6.45) is 0. The third kappa shape index (κ3) is 6.02. The first-order chi connectivity index (χ1) is 12.3. The van der Waals surface area contributed by atoms with Gasteiger partial charge in [-0.25, -0.2) is 0 Å². The van der Waals surface area contributed by atoms with E-state index in [9.17, 15) is 4.79 Å². The molecule has 2 aromatic carbocycles. The van der Waals surface area contributed by atoms with Gasteiger partial charge < -0.3 is 10.1 Å². The Balaban J connectivity index is 2.02. The van der Waals surface area contributed by atoms with Crippen LogP contribution in [0, 0.1) is 5.92 Å². The van der Waals surface area contributed by atoms with Gasteiger partial charge in [0.15, 0.2) is 5.11 Å². The molecule has 0 aliphatic carbocycles. The summed E-state index contributed by atoms with van der Waals surface area (Å²) >= 11 is 23.1. The van der Waals surface area contributed by atoms with Crippen molar-refractivity contribution >= 4 is 63.7 Å². The van der Waals surface area contributed by atoms with Crippen molar-refractivity contribution in [3.8, 4) is 5.75 Å². The number of halogens is 3. The van der Waals surface area contributed by atoms with Crippen LogP contribution in [-0.2, 0) is 0 Å². The van der Waals surface area contributed by atoms with Gasteiger partial charge in [-0.1, -0.05) is 54.7 Å². The summed E-state index contributed by atoms with van der Waals surface area (Å²) in [5.41, 5.74) is 0.871. The van der Waals surface area contributed by atoms with Crippen LogP contribution in [0.25, 0.3) is 0 Å².